The quantitative estimate of drug-likeness (QED) is 0.790. The summed E-state index contributed by atoms with van der Waals surface area (Å²) in [5.41, 5.74) is 7.32. The van der Waals surface area contributed by atoms with Gasteiger partial charge in [-0.25, -0.2) is 0 Å². The lowest BCUT2D eigenvalue weighted by Gasteiger charge is -2.23. The number of rotatable bonds is 3. The summed E-state index contributed by atoms with van der Waals surface area (Å²) < 4.78 is 0. The lowest BCUT2D eigenvalue weighted by Crippen LogP contribution is -2.22. The molecule has 2 rings (SSSR count). The van der Waals surface area contributed by atoms with Gasteiger partial charge in [-0.15, -0.1) is 0 Å². The van der Waals surface area contributed by atoms with Crippen LogP contribution in [0.1, 0.15) is 37.8 Å². The molecule has 3 N–H and O–H groups in total. The molecule has 0 aliphatic heterocycles. The summed E-state index contributed by atoms with van der Waals surface area (Å²) in [5.74, 6) is 0. The molecule has 0 unspecified atom stereocenters. The molecule has 16 heavy (non-hydrogen) atoms. The van der Waals surface area contributed by atoms with Gasteiger partial charge in [-0.1, -0.05) is 31.5 Å². The zero-order chi connectivity index (χ0) is 11.4. The zero-order valence-electron chi connectivity index (χ0n) is 9.28. The number of anilines is 1. The van der Waals surface area contributed by atoms with E-state index >= 15 is 0 Å². The molecule has 1 fully saturated rings. The Morgan fingerprint density at radius 2 is 2.12 bits per heavy atom. The molecule has 0 saturated heterocycles. The van der Waals surface area contributed by atoms with Crippen LogP contribution in [0.15, 0.2) is 18.3 Å². The van der Waals surface area contributed by atoms with E-state index in [4.69, 9.17) is 18.0 Å². The van der Waals surface area contributed by atoms with Crippen LogP contribution in [0.25, 0.3) is 0 Å². The van der Waals surface area contributed by atoms with Crippen molar-refractivity contribution in [1.82, 2.24) is 4.98 Å². The Bertz CT molecular complexity index is 372. The molecule has 4 heteroatoms. The minimum absolute atomic E-state index is 0.354. The highest BCUT2D eigenvalue weighted by Crippen LogP contribution is 2.21. The lowest BCUT2D eigenvalue weighted by molar-refractivity contribution is 0.462. The number of aromatic nitrogens is 1. The first-order valence-corrected chi connectivity index (χ1v) is 6.19. The summed E-state index contributed by atoms with van der Waals surface area (Å²) in [4.78, 5) is 4.48. The molecule has 1 heterocycles. The maximum absolute atomic E-state index is 5.56. The van der Waals surface area contributed by atoms with Crippen LogP contribution in [0.4, 0.5) is 5.69 Å². The van der Waals surface area contributed by atoms with Crippen molar-refractivity contribution in [2.75, 3.05) is 5.32 Å². The molecule has 0 radical (unpaired) electrons. The average Bonchev–Trinajstić information content (AvgIpc) is 2.30. The maximum atomic E-state index is 5.56. The summed E-state index contributed by atoms with van der Waals surface area (Å²) in [6.45, 7) is 0. The number of hydrogen-bond acceptors (Lipinski definition) is 3. The van der Waals surface area contributed by atoms with E-state index < -0.39 is 0 Å². The first-order chi connectivity index (χ1) is 7.75. The Morgan fingerprint density at radius 3 is 2.81 bits per heavy atom. The number of hydrogen-bond donors (Lipinski definition) is 2. The third-order valence-electron chi connectivity index (χ3n) is 2.99. The Hall–Kier alpha value is -1.16. The summed E-state index contributed by atoms with van der Waals surface area (Å²) in [6, 6.07) is 4.49. The molecule has 0 atom stereocenters. The van der Waals surface area contributed by atoms with Crippen molar-refractivity contribution in [2.24, 2.45) is 5.73 Å². The van der Waals surface area contributed by atoms with Gasteiger partial charge < -0.3 is 11.1 Å². The Kier molecular flexibility index (Phi) is 3.72. The molecule has 1 saturated carbocycles. The number of pyridine rings is 1. The van der Waals surface area contributed by atoms with Crippen molar-refractivity contribution in [2.45, 2.75) is 38.1 Å². The highest BCUT2D eigenvalue weighted by atomic mass is 32.1. The SMILES string of the molecule is NC(=S)c1cc(NC2CCCCC2)ccn1. The van der Waals surface area contributed by atoms with Gasteiger partial charge in [0.25, 0.3) is 0 Å². The Morgan fingerprint density at radius 1 is 1.38 bits per heavy atom. The van der Waals surface area contributed by atoms with Gasteiger partial charge in [0.1, 0.15) is 4.99 Å². The average molecular weight is 235 g/mol. The highest BCUT2D eigenvalue weighted by molar-refractivity contribution is 7.80. The molecule has 1 aromatic rings. The van der Waals surface area contributed by atoms with E-state index in [0.29, 0.717) is 16.7 Å². The monoisotopic (exact) mass is 235 g/mol. The van der Waals surface area contributed by atoms with Crippen LogP contribution in [-0.4, -0.2) is 16.0 Å². The molecule has 0 bridgehead atoms. The van der Waals surface area contributed by atoms with Crippen LogP contribution in [-0.2, 0) is 0 Å². The van der Waals surface area contributed by atoms with Crippen LogP contribution in [0.2, 0.25) is 0 Å². The number of nitrogens with one attached hydrogen (secondary N) is 1. The van der Waals surface area contributed by atoms with Gasteiger partial charge in [0.15, 0.2) is 0 Å². The van der Waals surface area contributed by atoms with Crippen molar-refractivity contribution in [3.05, 3.63) is 24.0 Å². The lowest BCUT2D eigenvalue weighted by atomic mass is 9.95. The second-order valence-electron chi connectivity index (χ2n) is 4.27. The standard InChI is InChI=1S/C12H17N3S/c13-12(16)11-8-10(6-7-14-11)15-9-4-2-1-3-5-9/h6-9H,1-5H2,(H2,13,16)(H,14,15). The van der Waals surface area contributed by atoms with Gasteiger partial charge in [0.05, 0.1) is 5.69 Å². The van der Waals surface area contributed by atoms with Crippen molar-refractivity contribution in [3.8, 4) is 0 Å². The maximum Gasteiger partial charge on any atom is 0.122 e. The van der Waals surface area contributed by atoms with E-state index in [2.05, 4.69) is 10.3 Å². The second kappa shape index (κ2) is 5.25. The van der Waals surface area contributed by atoms with E-state index in [9.17, 15) is 0 Å². The molecule has 0 aromatic carbocycles. The van der Waals surface area contributed by atoms with Gasteiger partial charge in [-0.2, -0.15) is 0 Å². The molecule has 3 nitrogen and oxygen atoms in total. The summed E-state index contributed by atoms with van der Waals surface area (Å²) >= 11 is 4.91. The Balaban J connectivity index is 2.02. The van der Waals surface area contributed by atoms with Crippen molar-refractivity contribution in [1.29, 1.82) is 0 Å². The van der Waals surface area contributed by atoms with Crippen LogP contribution in [0, 0.1) is 0 Å². The van der Waals surface area contributed by atoms with E-state index in [0.717, 1.165) is 5.69 Å². The van der Waals surface area contributed by atoms with Crippen molar-refractivity contribution >= 4 is 22.9 Å². The molecule has 1 aliphatic carbocycles. The number of thiocarbonyl (C=S) groups is 1. The number of nitrogens with two attached hydrogens (primary N) is 1. The van der Waals surface area contributed by atoms with Crippen molar-refractivity contribution < 1.29 is 0 Å². The summed E-state index contributed by atoms with van der Waals surface area (Å²) in [5, 5.41) is 3.52. The summed E-state index contributed by atoms with van der Waals surface area (Å²) in [7, 11) is 0. The fraction of sp³-hybridized carbons (Fsp3) is 0.500. The van der Waals surface area contributed by atoms with E-state index in [-0.39, 0.29) is 0 Å². The molecule has 0 amide bonds. The first kappa shape index (κ1) is 11.3. The third kappa shape index (κ3) is 2.92. The van der Waals surface area contributed by atoms with Crippen LogP contribution < -0.4 is 11.1 Å². The molecular weight excluding hydrogens is 218 g/mol. The van der Waals surface area contributed by atoms with Gasteiger partial charge in [0.2, 0.25) is 0 Å². The molecular formula is C12H17N3S. The normalized spacial score (nSPS) is 17.0. The fourth-order valence-corrected chi connectivity index (χ4v) is 2.25. The van der Waals surface area contributed by atoms with Gasteiger partial charge in [0, 0.05) is 17.9 Å². The largest absolute Gasteiger partial charge is 0.388 e. The van der Waals surface area contributed by atoms with Gasteiger partial charge in [-0.3, -0.25) is 4.98 Å². The smallest absolute Gasteiger partial charge is 0.122 e. The summed E-state index contributed by atoms with van der Waals surface area (Å²) in [6.07, 6.45) is 8.28. The van der Waals surface area contributed by atoms with Crippen LogP contribution in [0.5, 0.6) is 0 Å². The van der Waals surface area contributed by atoms with E-state index in [1.807, 2.05) is 12.1 Å². The molecule has 86 valence electrons. The zero-order valence-corrected chi connectivity index (χ0v) is 10.1. The number of nitrogens with zero attached hydrogens (tertiary/aromatic N) is 1. The fourth-order valence-electron chi connectivity index (χ4n) is 2.14. The third-order valence-corrected chi connectivity index (χ3v) is 3.20. The predicted octanol–water partition coefficient (Wildman–Crippen LogP) is 2.46. The molecule has 1 aromatic heterocycles. The van der Waals surface area contributed by atoms with Crippen LogP contribution in [0.3, 0.4) is 0 Å². The van der Waals surface area contributed by atoms with Gasteiger partial charge >= 0.3 is 0 Å². The molecule has 1 aliphatic rings. The Labute approximate surface area is 101 Å². The second-order valence-corrected chi connectivity index (χ2v) is 4.71. The topological polar surface area (TPSA) is 50.9 Å². The minimum atomic E-state index is 0.354. The van der Waals surface area contributed by atoms with Crippen LogP contribution >= 0.6 is 12.2 Å². The molecule has 0 spiro atoms. The predicted molar refractivity (Wildman–Crippen MR) is 70.6 cm³/mol. The van der Waals surface area contributed by atoms with Gasteiger partial charge in [-0.05, 0) is 25.0 Å². The van der Waals surface area contributed by atoms with E-state index in [1.54, 1.807) is 6.20 Å². The van der Waals surface area contributed by atoms with E-state index in [1.165, 1.54) is 32.1 Å². The van der Waals surface area contributed by atoms with Crippen molar-refractivity contribution in [3.63, 3.8) is 0 Å². The minimum Gasteiger partial charge on any atom is -0.388 e. The highest BCUT2D eigenvalue weighted by Gasteiger charge is 2.13. The first-order valence-electron chi connectivity index (χ1n) is 5.78.